The maximum absolute atomic E-state index is 5.40. The van der Waals surface area contributed by atoms with Gasteiger partial charge in [0.15, 0.2) is 11.5 Å². The van der Waals surface area contributed by atoms with Crippen molar-refractivity contribution in [2.75, 3.05) is 19.5 Å². The molecule has 0 aromatic heterocycles. The highest BCUT2D eigenvalue weighted by Crippen LogP contribution is 2.42. The predicted molar refractivity (Wildman–Crippen MR) is 77.0 cm³/mol. The maximum atomic E-state index is 5.40. The summed E-state index contributed by atoms with van der Waals surface area (Å²) in [7, 11) is 3.33. The molecule has 2 aromatic carbocycles. The number of hydrogen-bond donors (Lipinski definition) is 1. The van der Waals surface area contributed by atoms with Gasteiger partial charge in [-0.25, -0.2) is 0 Å². The van der Waals surface area contributed by atoms with Crippen LogP contribution in [-0.4, -0.2) is 14.2 Å². The lowest BCUT2D eigenvalue weighted by Gasteiger charge is -2.24. The third kappa shape index (κ3) is 1.82. The van der Waals surface area contributed by atoms with Crippen molar-refractivity contribution >= 4 is 5.69 Å². The molecule has 2 aromatic rings. The molecule has 0 atom stereocenters. The van der Waals surface area contributed by atoms with Crippen LogP contribution in [0.1, 0.15) is 11.1 Å². The molecule has 98 valence electrons. The van der Waals surface area contributed by atoms with Crippen LogP contribution in [0.15, 0.2) is 30.3 Å². The number of aryl methyl sites for hydroxylation is 1. The fourth-order valence-corrected chi connectivity index (χ4v) is 2.63. The Morgan fingerprint density at radius 3 is 2.47 bits per heavy atom. The van der Waals surface area contributed by atoms with Crippen molar-refractivity contribution in [3.8, 4) is 22.6 Å². The fraction of sp³-hybridized carbons (Fsp3) is 0.250. The van der Waals surface area contributed by atoms with Gasteiger partial charge in [-0.1, -0.05) is 18.2 Å². The monoisotopic (exact) mass is 255 g/mol. The zero-order chi connectivity index (χ0) is 13.4. The summed E-state index contributed by atoms with van der Waals surface area (Å²) in [5, 5.41) is 3.48. The number of para-hydroxylation sites is 1. The van der Waals surface area contributed by atoms with E-state index in [1.807, 2.05) is 6.07 Å². The molecular formula is C16H17NO2. The summed E-state index contributed by atoms with van der Waals surface area (Å²) in [6.07, 6.45) is 0. The standard InChI is InChI=1S/C16H17NO2/c1-10-5-4-6-12-13-8-15(19-3)14(18-2)7-11(13)9-17-16(10)12/h4-8,17H,9H2,1-3H3. The number of nitrogens with one attached hydrogen (secondary N) is 1. The Labute approximate surface area is 113 Å². The number of rotatable bonds is 2. The minimum Gasteiger partial charge on any atom is -0.493 e. The van der Waals surface area contributed by atoms with E-state index in [4.69, 9.17) is 9.47 Å². The second-order valence-electron chi connectivity index (χ2n) is 4.72. The number of methoxy groups -OCH3 is 2. The normalized spacial score (nSPS) is 12.2. The summed E-state index contributed by atoms with van der Waals surface area (Å²) in [6, 6.07) is 10.5. The summed E-state index contributed by atoms with van der Waals surface area (Å²) >= 11 is 0. The second-order valence-corrected chi connectivity index (χ2v) is 4.72. The van der Waals surface area contributed by atoms with Gasteiger partial charge in [0.25, 0.3) is 0 Å². The summed E-state index contributed by atoms with van der Waals surface area (Å²) in [4.78, 5) is 0. The van der Waals surface area contributed by atoms with Crippen LogP contribution in [0.5, 0.6) is 11.5 Å². The van der Waals surface area contributed by atoms with Gasteiger partial charge < -0.3 is 14.8 Å². The Morgan fingerprint density at radius 1 is 1.00 bits per heavy atom. The average molecular weight is 255 g/mol. The number of ether oxygens (including phenoxy) is 2. The summed E-state index contributed by atoms with van der Waals surface area (Å²) in [6.45, 7) is 2.94. The van der Waals surface area contributed by atoms with Crippen LogP contribution in [0.25, 0.3) is 11.1 Å². The highest BCUT2D eigenvalue weighted by molar-refractivity contribution is 5.86. The topological polar surface area (TPSA) is 30.5 Å². The average Bonchev–Trinajstić information content (AvgIpc) is 2.45. The zero-order valence-corrected chi connectivity index (χ0v) is 11.4. The molecule has 1 aliphatic rings. The SMILES string of the molecule is COc1cc2c(cc1OC)-c1cccc(C)c1NC2. The van der Waals surface area contributed by atoms with E-state index in [2.05, 4.69) is 36.5 Å². The van der Waals surface area contributed by atoms with Crippen LogP contribution >= 0.6 is 0 Å². The number of anilines is 1. The molecule has 0 aliphatic carbocycles. The minimum atomic E-state index is 0.774. The minimum absolute atomic E-state index is 0.774. The molecule has 3 rings (SSSR count). The Morgan fingerprint density at radius 2 is 1.74 bits per heavy atom. The first-order chi connectivity index (χ1) is 9.24. The molecule has 0 amide bonds. The highest BCUT2D eigenvalue weighted by Gasteiger charge is 2.19. The van der Waals surface area contributed by atoms with Crippen molar-refractivity contribution in [3.05, 3.63) is 41.5 Å². The Balaban J connectivity index is 2.23. The molecule has 3 heteroatoms. The van der Waals surface area contributed by atoms with E-state index in [1.165, 1.54) is 27.9 Å². The van der Waals surface area contributed by atoms with Crippen LogP contribution in [0.3, 0.4) is 0 Å². The van der Waals surface area contributed by atoms with Gasteiger partial charge in [0.2, 0.25) is 0 Å². The van der Waals surface area contributed by atoms with Gasteiger partial charge in [0, 0.05) is 17.8 Å². The molecule has 19 heavy (non-hydrogen) atoms. The first kappa shape index (κ1) is 11.9. The number of benzene rings is 2. The van der Waals surface area contributed by atoms with E-state index >= 15 is 0 Å². The lowest BCUT2D eigenvalue weighted by Crippen LogP contribution is -2.10. The third-order valence-electron chi connectivity index (χ3n) is 3.63. The van der Waals surface area contributed by atoms with Gasteiger partial charge in [-0.15, -0.1) is 0 Å². The van der Waals surface area contributed by atoms with Crippen molar-refractivity contribution in [3.63, 3.8) is 0 Å². The molecule has 0 unspecified atom stereocenters. The molecule has 0 fully saturated rings. The molecule has 0 bridgehead atoms. The van der Waals surface area contributed by atoms with Crippen LogP contribution in [-0.2, 0) is 6.54 Å². The molecule has 0 saturated carbocycles. The van der Waals surface area contributed by atoms with Gasteiger partial charge in [-0.05, 0) is 35.7 Å². The molecule has 1 N–H and O–H groups in total. The van der Waals surface area contributed by atoms with Crippen LogP contribution < -0.4 is 14.8 Å². The molecule has 0 spiro atoms. The second kappa shape index (κ2) is 4.50. The van der Waals surface area contributed by atoms with Gasteiger partial charge in [-0.3, -0.25) is 0 Å². The Hall–Kier alpha value is -2.16. The molecular weight excluding hydrogens is 238 g/mol. The summed E-state index contributed by atoms with van der Waals surface area (Å²) in [5.41, 5.74) is 6.15. The Kier molecular flexibility index (Phi) is 2.82. The molecule has 1 heterocycles. The van der Waals surface area contributed by atoms with Crippen LogP contribution in [0.4, 0.5) is 5.69 Å². The molecule has 1 aliphatic heterocycles. The van der Waals surface area contributed by atoms with Crippen molar-refractivity contribution in [1.29, 1.82) is 0 Å². The van der Waals surface area contributed by atoms with Gasteiger partial charge in [-0.2, -0.15) is 0 Å². The van der Waals surface area contributed by atoms with Gasteiger partial charge in [0.1, 0.15) is 0 Å². The van der Waals surface area contributed by atoms with E-state index in [-0.39, 0.29) is 0 Å². The summed E-state index contributed by atoms with van der Waals surface area (Å²) in [5.74, 6) is 1.55. The Bertz CT molecular complexity index is 635. The predicted octanol–water partition coefficient (Wildman–Crippen LogP) is 3.60. The highest BCUT2D eigenvalue weighted by atomic mass is 16.5. The lowest BCUT2D eigenvalue weighted by atomic mass is 9.92. The fourth-order valence-electron chi connectivity index (χ4n) is 2.63. The van der Waals surface area contributed by atoms with E-state index in [9.17, 15) is 0 Å². The molecule has 0 radical (unpaired) electrons. The van der Waals surface area contributed by atoms with E-state index in [0.29, 0.717) is 0 Å². The lowest BCUT2D eigenvalue weighted by molar-refractivity contribution is 0.354. The van der Waals surface area contributed by atoms with E-state index < -0.39 is 0 Å². The maximum Gasteiger partial charge on any atom is 0.161 e. The molecule has 0 saturated heterocycles. The van der Waals surface area contributed by atoms with E-state index in [0.717, 1.165) is 18.0 Å². The first-order valence-corrected chi connectivity index (χ1v) is 6.33. The largest absolute Gasteiger partial charge is 0.493 e. The van der Waals surface area contributed by atoms with Gasteiger partial charge >= 0.3 is 0 Å². The zero-order valence-electron chi connectivity index (χ0n) is 11.4. The quantitative estimate of drug-likeness (QED) is 0.889. The molecule has 3 nitrogen and oxygen atoms in total. The van der Waals surface area contributed by atoms with Gasteiger partial charge in [0.05, 0.1) is 14.2 Å². The number of hydrogen-bond acceptors (Lipinski definition) is 3. The van der Waals surface area contributed by atoms with Crippen molar-refractivity contribution < 1.29 is 9.47 Å². The smallest absolute Gasteiger partial charge is 0.161 e. The summed E-state index contributed by atoms with van der Waals surface area (Å²) < 4.78 is 10.8. The third-order valence-corrected chi connectivity index (χ3v) is 3.63. The van der Waals surface area contributed by atoms with Crippen LogP contribution in [0.2, 0.25) is 0 Å². The van der Waals surface area contributed by atoms with Crippen LogP contribution in [0, 0.1) is 6.92 Å². The van der Waals surface area contributed by atoms with E-state index in [1.54, 1.807) is 14.2 Å². The van der Waals surface area contributed by atoms with Crippen molar-refractivity contribution in [2.45, 2.75) is 13.5 Å². The van der Waals surface area contributed by atoms with Crippen molar-refractivity contribution in [2.24, 2.45) is 0 Å². The number of fused-ring (bicyclic) bond motifs is 3. The first-order valence-electron chi connectivity index (χ1n) is 6.33. The van der Waals surface area contributed by atoms with Crippen molar-refractivity contribution in [1.82, 2.24) is 0 Å².